The van der Waals surface area contributed by atoms with E-state index in [4.69, 9.17) is 4.74 Å². The minimum Gasteiger partial charge on any atom is -0.494 e. The number of rotatable bonds is 6. The third-order valence-corrected chi connectivity index (χ3v) is 3.08. The molecule has 0 aliphatic rings. The fourth-order valence-corrected chi connectivity index (χ4v) is 2.39. The summed E-state index contributed by atoms with van der Waals surface area (Å²) in [6.45, 7) is 4.95. The molecule has 0 N–H and O–H groups in total. The Labute approximate surface area is 101 Å². The van der Waals surface area contributed by atoms with E-state index in [1.54, 1.807) is 0 Å². The smallest absolute Gasteiger partial charge is 0.119 e. The quantitative estimate of drug-likeness (QED) is 0.705. The highest BCUT2D eigenvalue weighted by atomic mass is 79.9. The molecule has 1 unspecified atom stereocenters. The van der Waals surface area contributed by atoms with Crippen molar-refractivity contribution in [1.29, 1.82) is 0 Å². The first-order valence-corrected chi connectivity index (χ1v) is 6.53. The molecular weight excluding hydrogens is 252 g/mol. The van der Waals surface area contributed by atoms with E-state index in [-0.39, 0.29) is 0 Å². The zero-order chi connectivity index (χ0) is 11.1. The molecule has 1 aromatic carbocycles. The van der Waals surface area contributed by atoms with E-state index in [9.17, 15) is 0 Å². The number of hydrogen-bond acceptors (Lipinski definition) is 1. The second kappa shape index (κ2) is 6.89. The van der Waals surface area contributed by atoms with Crippen LogP contribution in [0.1, 0.15) is 32.3 Å². The van der Waals surface area contributed by atoms with Crippen LogP contribution in [0.2, 0.25) is 0 Å². The average Bonchev–Trinajstić information content (AvgIpc) is 2.22. The van der Waals surface area contributed by atoms with Crippen LogP contribution >= 0.6 is 15.9 Å². The molecule has 0 aliphatic carbocycles. The van der Waals surface area contributed by atoms with Crippen molar-refractivity contribution in [2.75, 3.05) is 6.61 Å². The van der Waals surface area contributed by atoms with Gasteiger partial charge in [0, 0.05) is 4.83 Å². The van der Waals surface area contributed by atoms with E-state index in [0.29, 0.717) is 4.83 Å². The molecular formula is C13H19BrO. The lowest BCUT2D eigenvalue weighted by Crippen LogP contribution is -2.01. The van der Waals surface area contributed by atoms with Crippen molar-refractivity contribution in [3.63, 3.8) is 0 Å². The second-order valence-corrected chi connectivity index (χ2v) is 4.96. The zero-order valence-electron chi connectivity index (χ0n) is 9.50. The van der Waals surface area contributed by atoms with Gasteiger partial charge in [-0.2, -0.15) is 0 Å². The molecule has 1 atom stereocenters. The minimum absolute atomic E-state index is 0.598. The lowest BCUT2D eigenvalue weighted by molar-refractivity contribution is 0.340. The van der Waals surface area contributed by atoms with E-state index in [0.717, 1.165) is 18.8 Å². The lowest BCUT2D eigenvalue weighted by atomic mass is 10.1. The molecule has 0 aliphatic heterocycles. The Morgan fingerprint density at radius 1 is 1.20 bits per heavy atom. The van der Waals surface area contributed by atoms with Gasteiger partial charge in [0.05, 0.1) is 6.61 Å². The number of halogens is 1. The van der Waals surface area contributed by atoms with E-state index in [1.165, 1.54) is 18.4 Å². The molecule has 1 rings (SSSR count). The molecule has 0 heterocycles. The molecule has 0 fully saturated rings. The first-order chi connectivity index (χ1) is 7.26. The Morgan fingerprint density at radius 2 is 1.87 bits per heavy atom. The van der Waals surface area contributed by atoms with Crippen molar-refractivity contribution < 1.29 is 4.74 Å². The lowest BCUT2D eigenvalue weighted by Gasteiger charge is -2.09. The maximum Gasteiger partial charge on any atom is 0.119 e. The van der Waals surface area contributed by atoms with Crippen molar-refractivity contribution in [2.24, 2.45) is 0 Å². The van der Waals surface area contributed by atoms with Crippen molar-refractivity contribution in [3.05, 3.63) is 29.8 Å². The standard InChI is InChI=1S/C13H19BrO/c1-3-5-12(14)10-11-6-8-13(9-7-11)15-4-2/h6-9,12H,3-5,10H2,1-2H3. The zero-order valence-corrected chi connectivity index (χ0v) is 11.1. The Bertz CT molecular complexity index is 268. The van der Waals surface area contributed by atoms with Gasteiger partial charge >= 0.3 is 0 Å². The van der Waals surface area contributed by atoms with Gasteiger partial charge in [0.2, 0.25) is 0 Å². The Balaban J connectivity index is 2.48. The van der Waals surface area contributed by atoms with Crippen LogP contribution in [0, 0.1) is 0 Å². The first-order valence-electron chi connectivity index (χ1n) is 5.62. The van der Waals surface area contributed by atoms with Gasteiger partial charge in [-0.1, -0.05) is 41.4 Å². The predicted octanol–water partition coefficient (Wildman–Crippen LogP) is 4.19. The maximum absolute atomic E-state index is 5.40. The molecule has 0 amide bonds. The van der Waals surface area contributed by atoms with Crippen molar-refractivity contribution >= 4 is 15.9 Å². The molecule has 0 aromatic heterocycles. The van der Waals surface area contributed by atoms with Crippen LogP contribution in [-0.4, -0.2) is 11.4 Å². The third kappa shape index (κ3) is 4.70. The predicted molar refractivity (Wildman–Crippen MR) is 68.9 cm³/mol. The molecule has 1 aromatic rings. The van der Waals surface area contributed by atoms with Gasteiger partial charge in [-0.05, 0) is 37.5 Å². The van der Waals surface area contributed by atoms with Gasteiger partial charge in [-0.15, -0.1) is 0 Å². The van der Waals surface area contributed by atoms with Crippen LogP contribution in [0.4, 0.5) is 0 Å². The summed E-state index contributed by atoms with van der Waals surface area (Å²) in [6, 6.07) is 8.39. The van der Waals surface area contributed by atoms with E-state index >= 15 is 0 Å². The summed E-state index contributed by atoms with van der Waals surface area (Å²) < 4.78 is 5.40. The van der Waals surface area contributed by atoms with Gasteiger partial charge in [0.25, 0.3) is 0 Å². The van der Waals surface area contributed by atoms with Gasteiger partial charge in [-0.25, -0.2) is 0 Å². The minimum atomic E-state index is 0.598. The van der Waals surface area contributed by atoms with Crippen LogP contribution in [0.15, 0.2) is 24.3 Å². The summed E-state index contributed by atoms with van der Waals surface area (Å²) in [5, 5.41) is 0. The molecule has 15 heavy (non-hydrogen) atoms. The van der Waals surface area contributed by atoms with Gasteiger partial charge in [0.15, 0.2) is 0 Å². The van der Waals surface area contributed by atoms with Gasteiger partial charge in [-0.3, -0.25) is 0 Å². The van der Waals surface area contributed by atoms with E-state index in [2.05, 4.69) is 35.0 Å². The molecule has 0 radical (unpaired) electrons. The fourth-order valence-electron chi connectivity index (χ4n) is 1.56. The molecule has 0 saturated carbocycles. The van der Waals surface area contributed by atoms with Crippen molar-refractivity contribution in [2.45, 2.75) is 37.9 Å². The van der Waals surface area contributed by atoms with Crippen LogP contribution in [0.3, 0.4) is 0 Å². The number of ether oxygens (including phenoxy) is 1. The largest absolute Gasteiger partial charge is 0.494 e. The number of alkyl halides is 1. The monoisotopic (exact) mass is 270 g/mol. The van der Waals surface area contributed by atoms with E-state index < -0.39 is 0 Å². The summed E-state index contributed by atoms with van der Waals surface area (Å²) in [4.78, 5) is 0.598. The van der Waals surface area contributed by atoms with Crippen LogP contribution in [-0.2, 0) is 6.42 Å². The van der Waals surface area contributed by atoms with Crippen LogP contribution < -0.4 is 4.74 Å². The first kappa shape index (κ1) is 12.6. The molecule has 84 valence electrons. The summed E-state index contributed by atoms with van der Waals surface area (Å²) in [6.07, 6.45) is 3.56. The van der Waals surface area contributed by atoms with Crippen LogP contribution in [0.25, 0.3) is 0 Å². The Morgan fingerprint density at radius 3 is 2.40 bits per heavy atom. The molecule has 2 heteroatoms. The normalized spacial score (nSPS) is 12.5. The summed E-state index contributed by atoms with van der Waals surface area (Å²) >= 11 is 3.69. The average molecular weight is 271 g/mol. The Kier molecular flexibility index (Phi) is 5.77. The third-order valence-electron chi connectivity index (χ3n) is 2.29. The van der Waals surface area contributed by atoms with E-state index in [1.807, 2.05) is 19.1 Å². The van der Waals surface area contributed by atoms with Crippen molar-refractivity contribution in [3.8, 4) is 5.75 Å². The highest BCUT2D eigenvalue weighted by Gasteiger charge is 2.04. The molecule has 0 spiro atoms. The Hall–Kier alpha value is -0.500. The maximum atomic E-state index is 5.40. The van der Waals surface area contributed by atoms with Gasteiger partial charge < -0.3 is 4.74 Å². The molecule has 0 bridgehead atoms. The number of hydrogen-bond donors (Lipinski definition) is 0. The molecule has 0 saturated heterocycles. The summed E-state index contributed by atoms with van der Waals surface area (Å²) in [7, 11) is 0. The van der Waals surface area contributed by atoms with Crippen LogP contribution in [0.5, 0.6) is 5.75 Å². The fraction of sp³-hybridized carbons (Fsp3) is 0.538. The van der Waals surface area contributed by atoms with Crippen molar-refractivity contribution in [1.82, 2.24) is 0 Å². The van der Waals surface area contributed by atoms with Gasteiger partial charge in [0.1, 0.15) is 5.75 Å². The topological polar surface area (TPSA) is 9.23 Å². The number of benzene rings is 1. The summed E-state index contributed by atoms with van der Waals surface area (Å²) in [5.41, 5.74) is 1.37. The second-order valence-electron chi connectivity index (χ2n) is 3.67. The SMILES string of the molecule is CCCC(Br)Cc1ccc(OCC)cc1. The molecule has 1 nitrogen and oxygen atoms in total. The highest BCUT2D eigenvalue weighted by Crippen LogP contribution is 2.18. The highest BCUT2D eigenvalue weighted by molar-refractivity contribution is 9.09. The summed E-state index contributed by atoms with van der Waals surface area (Å²) in [5.74, 6) is 0.961.